The Hall–Kier alpha value is -1.43. The average Bonchev–Trinajstić information content (AvgIpc) is 2.91. The first kappa shape index (κ1) is 13.0. The molecule has 1 fully saturated rings. The smallest absolute Gasteiger partial charge is 0.244 e. The highest BCUT2D eigenvalue weighted by Gasteiger charge is 2.25. The van der Waals surface area contributed by atoms with Gasteiger partial charge in [-0.3, -0.25) is 4.79 Å². The van der Waals surface area contributed by atoms with Gasteiger partial charge in [-0.1, -0.05) is 0 Å². The van der Waals surface area contributed by atoms with Gasteiger partial charge in [0.25, 0.3) is 0 Å². The van der Waals surface area contributed by atoms with E-state index in [0.29, 0.717) is 12.1 Å². The zero-order valence-corrected chi connectivity index (χ0v) is 11.0. The minimum atomic E-state index is 0.105. The second-order valence-electron chi connectivity index (χ2n) is 4.89. The van der Waals surface area contributed by atoms with Crippen LogP contribution in [0.4, 0.5) is 0 Å². The van der Waals surface area contributed by atoms with Crippen molar-refractivity contribution in [1.82, 2.24) is 25.0 Å². The number of nitrogens with one attached hydrogen (secondary N) is 1. The molecule has 0 saturated heterocycles. The molecule has 0 spiro atoms. The van der Waals surface area contributed by atoms with E-state index in [4.69, 9.17) is 0 Å². The molecular weight excluding hydrogens is 230 g/mol. The standard InChI is InChI=1S/C12H21N5O/c1-13-10-3-5-11(6-4-10)16(2)12(18)7-17-9-14-8-15-17/h8-11,13H,3-7H2,1-2H3. The monoisotopic (exact) mass is 251 g/mol. The summed E-state index contributed by atoms with van der Waals surface area (Å²) in [5.41, 5.74) is 0. The Morgan fingerprint density at radius 1 is 1.44 bits per heavy atom. The van der Waals surface area contributed by atoms with Gasteiger partial charge in [0.05, 0.1) is 0 Å². The molecule has 1 aliphatic rings. The zero-order valence-electron chi connectivity index (χ0n) is 11.0. The fourth-order valence-electron chi connectivity index (χ4n) is 2.52. The van der Waals surface area contributed by atoms with Crippen LogP contribution in [-0.4, -0.2) is 51.8 Å². The number of aromatic nitrogens is 3. The lowest BCUT2D eigenvalue weighted by atomic mass is 9.90. The Labute approximate surface area is 107 Å². The molecule has 0 bridgehead atoms. The van der Waals surface area contributed by atoms with Crippen molar-refractivity contribution in [2.75, 3.05) is 14.1 Å². The van der Waals surface area contributed by atoms with E-state index in [1.165, 1.54) is 6.33 Å². The Kier molecular flexibility index (Phi) is 4.30. The van der Waals surface area contributed by atoms with Crippen LogP contribution in [0.3, 0.4) is 0 Å². The number of amides is 1. The van der Waals surface area contributed by atoms with Crippen LogP contribution in [0.25, 0.3) is 0 Å². The van der Waals surface area contributed by atoms with E-state index in [2.05, 4.69) is 15.4 Å². The van der Waals surface area contributed by atoms with E-state index in [-0.39, 0.29) is 12.5 Å². The predicted molar refractivity (Wildman–Crippen MR) is 67.9 cm³/mol. The Balaban J connectivity index is 1.83. The van der Waals surface area contributed by atoms with E-state index < -0.39 is 0 Å². The van der Waals surface area contributed by atoms with Crippen LogP contribution in [-0.2, 0) is 11.3 Å². The van der Waals surface area contributed by atoms with E-state index >= 15 is 0 Å². The maximum Gasteiger partial charge on any atom is 0.244 e. The number of hydrogen-bond acceptors (Lipinski definition) is 4. The SMILES string of the molecule is CNC1CCC(N(C)C(=O)Cn2cncn2)CC1. The number of carbonyl (C=O) groups excluding carboxylic acids is 1. The average molecular weight is 251 g/mol. The van der Waals surface area contributed by atoms with Crippen molar-refractivity contribution in [3.63, 3.8) is 0 Å². The van der Waals surface area contributed by atoms with Crippen molar-refractivity contribution in [2.45, 2.75) is 44.3 Å². The molecule has 1 heterocycles. The first-order valence-corrected chi connectivity index (χ1v) is 6.46. The van der Waals surface area contributed by atoms with Crippen molar-refractivity contribution in [2.24, 2.45) is 0 Å². The minimum absolute atomic E-state index is 0.105. The molecule has 0 radical (unpaired) electrons. The lowest BCUT2D eigenvalue weighted by Gasteiger charge is -2.34. The summed E-state index contributed by atoms with van der Waals surface area (Å²) in [6, 6.07) is 0.977. The summed E-state index contributed by atoms with van der Waals surface area (Å²) < 4.78 is 1.57. The van der Waals surface area contributed by atoms with Crippen LogP contribution in [0.2, 0.25) is 0 Å². The normalized spacial score (nSPS) is 23.9. The molecule has 2 rings (SSSR count). The summed E-state index contributed by atoms with van der Waals surface area (Å²) in [5.74, 6) is 0.105. The second kappa shape index (κ2) is 5.95. The summed E-state index contributed by atoms with van der Waals surface area (Å²) >= 11 is 0. The summed E-state index contributed by atoms with van der Waals surface area (Å²) in [6.07, 6.45) is 7.45. The van der Waals surface area contributed by atoms with Gasteiger partial charge in [0.15, 0.2) is 0 Å². The van der Waals surface area contributed by atoms with Crippen LogP contribution < -0.4 is 5.32 Å². The predicted octanol–water partition coefficient (Wildman–Crippen LogP) is 0.267. The van der Waals surface area contributed by atoms with Crippen molar-refractivity contribution in [3.8, 4) is 0 Å². The Morgan fingerprint density at radius 2 is 2.17 bits per heavy atom. The summed E-state index contributed by atoms with van der Waals surface area (Å²) in [5, 5.41) is 7.26. The largest absolute Gasteiger partial charge is 0.341 e. The van der Waals surface area contributed by atoms with Crippen molar-refractivity contribution in [3.05, 3.63) is 12.7 Å². The third-order valence-electron chi connectivity index (χ3n) is 3.81. The first-order valence-electron chi connectivity index (χ1n) is 6.46. The number of likely N-dealkylation sites (N-methyl/N-ethyl adjacent to an activating group) is 1. The quantitative estimate of drug-likeness (QED) is 0.834. The van der Waals surface area contributed by atoms with Gasteiger partial charge < -0.3 is 10.2 Å². The first-order chi connectivity index (χ1) is 8.70. The van der Waals surface area contributed by atoms with Crippen LogP contribution in [0.5, 0.6) is 0 Å². The molecule has 1 saturated carbocycles. The molecule has 0 aromatic carbocycles. The Bertz CT molecular complexity index is 370. The van der Waals surface area contributed by atoms with Gasteiger partial charge in [-0.25, -0.2) is 9.67 Å². The molecule has 0 unspecified atom stereocenters. The lowest BCUT2D eigenvalue weighted by molar-refractivity contribution is -0.133. The van der Waals surface area contributed by atoms with Crippen molar-refractivity contribution >= 4 is 5.91 Å². The molecule has 1 aliphatic carbocycles. The fourth-order valence-corrected chi connectivity index (χ4v) is 2.52. The summed E-state index contributed by atoms with van der Waals surface area (Å²) in [4.78, 5) is 17.8. The molecule has 1 amide bonds. The van der Waals surface area contributed by atoms with Crippen LogP contribution in [0, 0.1) is 0 Å². The fraction of sp³-hybridized carbons (Fsp3) is 0.750. The van der Waals surface area contributed by atoms with E-state index in [0.717, 1.165) is 25.7 Å². The van der Waals surface area contributed by atoms with Gasteiger partial charge >= 0.3 is 0 Å². The lowest BCUT2D eigenvalue weighted by Crippen LogP contribution is -2.43. The van der Waals surface area contributed by atoms with Gasteiger partial charge in [0, 0.05) is 19.1 Å². The minimum Gasteiger partial charge on any atom is -0.341 e. The number of carbonyl (C=O) groups is 1. The van der Waals surface area contributed by atoms with Crippen molar-refractivity contribution in [1.29, 1.82) is 0 Å². The van der Waals surface area contributed by atoms with Gasteiger partial charge in [-0.2, -0.15) is 5.10 Å². The molecule has 100 valence electrons. The summed E-state index contributed by atoms with van der Waals surface area (Å²) in [6.45, 7) is 0.280. The highest BCUT2D eigenvalue weighted by Crippen LogP contribution is 2.22. The molecule has 18 heavy (non-hydrogen) atoms. The molecule has 1 aromatic heterocycles. The van der Waals surface area contributed by atoms with Gasteiger partial charge in [0.2, 0.25) is 5.91 Å². The molecular formula is C12H21N5O. The topological polar surface area (TPSA) is 63.1 Å². The molecule has 0 atom stereocenters. The third kappa shape index (κ3) is 3.07. The van der Waals surface area contributed by atoms with Crippen LogP contribution >= 0.6 is 0 Å². The van der Waals surface area contributed by atoms with Crippen LogP contribution in [0.1, 0.15) is 25.7 Å². The van der Waals surface area contributed by atoms with E-state index in [1.54, 1.807) is 11.0 Å². The summed E-state index contributed by atoms with van der Waals surface area (Å²) in [7, 11) is 3.90. The number of rotatable bonds is 4. The Morgan fingerprint density at radius 3 is 2.72 bits per heavy atom. The van der Waals surface area contributed by atoms with Crippen LogP contribution in [0.15, 0.2) is 12.7 Å². The molecule has 6 nitrogen and oxygen atoms in total. The maximum absolute atomic E-state index is 12.1. The second-order valence-corrected chi connectivity index (χ2v) is 4.89. The molecule has 6 heteroatoms. The third-order valence-corrected chi connectivity index (χ3v) is 3.81. The number of nitrogens with zero attached hydrogens (tertiary/aromatic N) is 4. The van der Waals surface area contributed by atoms with E-state index in [1.807, 2.05) is 19.0 Å². The molecule has 0 aliphatic heterocycles. The maximum atomic E-state index is 12.1. The van der Waals surface area contributed by atoms with Gasteiger partial charge in [-0.15, -0.1) is 0 Å². The molecule has 1 N–H and O–H groups in total. The van der Waals surface area contributed by atoms with E-state index in [9.17, 15) is 4.79 Å². The van der Waals surface area contributed by atoms with Gasteiger partial charge in [0.1, 0.15) is 19.2 Å². The number of hydrogen-bond donors (Lipinski definition) is 1. The van der Waals surface area contributed by atoms with Crippen molar-refractivity contribution < 1.29 is 4.79 Å². The molecule has 1 aromatic rings. The van der Waals surface area contributed by atoms with Gasteiger partial charge in [-0.05, 0) is 32.7 Å². The highest BCUT2D eigenvalue weighted by atomic mass is 16.2. The highest BCUT2D eigenvalue weighted by molar-refractivity contribution is 5.75. The zero-order chi connectivity index (χ0) is 13.0.